The number of rotatable bonds is 3. The number of nitrogens with zero attached hydrogens (tertiary/aromatic N) is 3. The Morgan fingerprint density at radius 3 is 2.60 bits per heavy atom. The Hall–Kier alpha value is -2.69. The van der Waals surface area contributed by atoms with E-state index in [2.05, 4.69) is 53.5 Å². The highest BCUT2D eigenvalue weighted by Crippen LogP contribution is 2.38. The summed E-state index contributed by atoms with van der Waals surface area (Å²) >= 11 is 0. The quantitative estimate of drug-likeness (QED) is 0.755. The van der Waals surface area contributed by atoms with Gasteiger partial charge < -0.3 is 5.32 Å². The molecule has 0 spiro atoms. The lowest BCUT2D eigenvalue weighted by molar-refractivity contribution is 0.415. The van der Waals surface area contributed by atoms with Crippen LogP contribution in [0.1, 0.15) is 55.0 Å². The van der Waals surface area contributed by atoms with Gasteiger partial charge in [0.2, 0.25) is 5.95 Å². The van der Waals surface area contributed by atoms with Crippen LogP contribution >= 0.6 is 0 Å². The molecule has 0 bridgehead atoms. The fourth-order valence-corrected chi connectivity index (χ4v) is 3.46. The van der Waals surface area contributed by atoms with Gasteiger partial charge >= 0.3 is 0 Å². The van der Waals surface area contributed by atoms with Gasteiger partial charge in [0.05, 0.1) is 12.1 Å². The summed E-state index contributed by atoms with van der Waals surface area (Å²) in [5.74, 6) is 0.977. The SMILES string of the molecule is CC(C)c1ccc([C@@H]2C[C@H](c3ccccc3F)n3ncnc3N2)cc1. The molecule has 2 heterocycles. The molecule has 4 rings (SSSR count). The van der Waals surface area contributed by atoms with E-state index in [-0.39, 0.29) is 17.9 Å². The smallest absolute Gasteiger partial charge is 0.222 e. The monoisotopic (exact) mass is 336 g/mol. The van der Waals surface area contributed by atoms with Gasteiger partial charge in [-0.2, -0.15) is 10.1 Å². The van der Waals surface area contributed by atoms with Crippen molar-refractivity contribution < 1.29 is 4.39 Å². The normalized spacial score (nSPS) is 19.5. The van der Waals surface area contributed by atoms with Gasteiger partial charge in [0.25, 0.3) is 0 Å². The van der Waals surface area contributed by atoms with Gasteiger partial charge in [-0.15, -0.1) is 0 Å². The molecule has 2 atom stereocenters. The van der Waals surface area contributed by atoms with Crippen molar-refractivity contribution in [2.24, 2.45) is 0 Å². The molecule has 0 saturated heterocycles. The molecule has 5 heteroatoms. The van der Waals surface area contributed by atoms with Crippen molar-refractivity contribution >= 4 is 5.95 Å². The Kier molecular flexibility index (Phi) is 3.99. The zero-order valence-electron chi connectivity index (χ0n) is 14.4. The first-order valence-electron chi connectivity index (χ1n) is 8.64. The van der Waals surface area contributed by atoms with Crippen LogP contribution in [0.2, 0.25) is 0 Å². The molecule has 1 aromatic heterocycles. The van der Waals surface area contributed by atoms with Gasteiger partial charge in [-0.1, -0.05) is 56.3 Å². The molecule has 0 aliphatic carbocycles. The van der Waals surface area contributed by atoms with Gasteiger partial charge in [-0.25, -0.2) is 9.07 Å². The standard InChI is InChI=1S/C20H21FN4/c1-13(2)14-7-9-15(10-8-14)18-11-19(16-5-3-4-6-17(16)21)25-20(24-18)22-12-23-25/h3-10,12-13,18-19H,11H2,1-2H3,(H,22,23,24)/t18-,19+/m0/s1. The fourth-order valence-electron chi connectivity index (χ4n) is 3.46. The van der Waals surface area contributed by atoms with Crippen LogP contribution in [0, 0.1) is 5.82 Å². The van der Waals surface area contributed by atoms with Gasteiger partial charge in [0.1, 0.15) is 12.1 Å². The van der Waals surface area contributed by atoms with Crippen molar-refractivity contribution in [2.45, 2.75) is 38.3 Å². The van der Waals surface area contributed by atoms with E-state index >= 15 is 0 Å². The summed E-state index contributed by atoms with van der Waals surface area (Å²) in [6, 6.07) is 15.4. The predicted octanol–water partition coefficient (Wildman–Crippen LogP) is 4.69. The van der Waals surface area contributed by atoms with E-state index in [1.807, 2.05) is 12.1 Å². The number of nitrogens with one attached hydrogen (secondary N) is 1. The van der Waals surface area contributed by atoms with Crippen molar-refractivity contribution in [2.75, 3.05) is 5.32 Å². The highest BCUT2D eigenvalue weighted by Gasteiger charge is 2.31. The molecular formula is C20H21FN4. The van der Waals surface area contributed by atoms with E-state index in [1.165, 1.54) is 23.5 Å². The third-order valence-electron chi connectivity index (χ3n) is 4.90. The van der Waals surface area contributed by atoms with Crippen LogP contribution in [-0.4, -0.2) is 14.8 Å². The Morgan fingerprint density at radius 2 is 1.88 bits per heavy atom. The maximum absolute atomic E-state index is 14.4. The predicted molar refractivity (Wildman–Crippen MR) is 96.1 cm³/mol. The minimum absolute atomic E-state index is 0.0718. The lowest BCUT2D eigenvalue weighted by Gasteiger charge is -2.32. The lowest BCUT2D eigenvalue weighted by atomic mass is 9.92. The second kappa shape index (κ2) is 6.31. The number of hydrogen-bond donors (Lipinski definition) is 1. The fraction of sp³-hybridized carbons (Fsp3) is 0.300. The molecule has 1 aliphatic rings. The molecule has 0 saturated carbocycles. The second-order valence-corrected chi connectivity index (χ2v) is 6.82. The first-order chi connectivity index (χ1) is 12.1. The summed E-state index contributed by atoms with van der Waals surface area (Å²) in [6.07, 6.45) is 2.23. The summed E-state index contributed by atoms with van der Waals surface area (Å²) in [5.41, 5.74) is 3.15. The van der Waals surface area contributed by atoms with Crippen LogP contribution in [0.3, 0.4) is 0 Å². The van der Waals surface area contributed by atoms with Crippen LogP contribution in [0.15, 0.2) is 54.9 Å². The van der Waals surface area contributed by atoms with E-state index in [4.69, 9.17) is 0 Å². The van der Waals surface area contributed by atoms with E-state index in [0.717, 1.165) is 6.42 Å². The lowest BCUT2D eigenvalue weighted by Crippen LogP contribution is -2.28. The topological polar surface area (TPSA) is 42.7 Å². The zero-order valence-corrected chi connectivity index (χ0v) is 14.4. The highest BCUT2D eigenvalue weighted by atomic mass is 19.1. The second-order valence-electron chi connectivity index (χ2n) is 6.82. The average Bonchev–Trinajstić information content (AvgIpc) is 3.10. The Bertz CT molecular complexity index is 869. The molecule has 0 unspecified atom stereocenters. The van der Waals surface area contributed by atoms with Crippen molar-refractivity contribution in [1.82, 2.24) is 14.8 Å². The van der Waals surface area contributed by atoms with Crippen molar-refractivity contribution in [3.05, 3.63) is 77.4 Å². The molecule has 0 fully saturated rings. The third kappa shape index (κ3) is 2.90. The number of hydrogen-bond acceptors (Lipinski definition) is 3. The summed E-state index contributed by atoms with van der Waals surface area (Å²) in [5, 5.41) is 7.73. The van der Waals surface area contributed by atoms with Gasteiger partial charge in [0, 0.05) is 5.56 Å². The summed E-state index contributed by atoms with van der Waals surface area (Å²) in [4.78, 5) is 4.30. The maximum atomic E-state index is 14.4. The minimum Gasteiger partial charge on any atom is -0.348 e. The summed E-state index contributed by atoms with van der Waals surface area (Å²) < 4.78 is 16.1. The van der Waals surface area contributed by atoms with Gasteiger partial charge in [-0.05, 0) is 29.5 Å². The molecule has 4 nitrogen and oxygen atoms in total. The minimum atomic E-state index is -0.204. The van der Waals surface area contributed by atoms with Crippen LogP contribution in [-0.2, 0) is 0 Å². The van der Waals surface area contributed by atoms with Crippen LogP contribution in [0.4, 0.5) is 10.3 Å². The van der Waals surface area contributed by atoms with Crippen LogP contribution in [0.25, 0.3) is 0 Å². The molecule has 25 heavy (non-hydrogen) atoms. The van der Waals surface area contributed by atoms with Gasteiger partial charge in [-0.3, -0.25) is 0 Å². The molecule has 0 radical (unpaired) electrons. The Balaban J connectivity index is 1.70. The van der Waals surface area contributed by atoms with Crippen molar-refractivity contribution in [3.63, 3.8) is 0 Å². The van der Waals surface area contributed by atoms with Crippen molar-refractivity contribution in [3.8, 4) is 0 Å². The van der Waals surface area contributed by atoms with E-state index in [0.29, 0.717) is 17.4 Å². The molecule has 0 amide bonds. The highest BCUT2D eigenvalue weighted by molar-refractivity contribution is 5.39. The molecule has 1 N–H and O–H groups in total. The first-order valence-corrected chi connectivity index (χ1v) is 8.64. The molecular weight excluding hydrogens is 315 g/mol. The zero-order chi connectivity index (χ0) is 17.4. The van der Waals surface area contributed by atoms with Gasteiger partial charge in [0.15, 0.2) is 0 Å². The number of aromatic nitrogens is 3. The molecule has 1 aliphatic heterocycles. The number of fused-ring (bicyclic) bond motifs is 1. The molecule has 2 aromatic carbocycles. The summed E-state index contributed by atoms with van der Waals surface area (Å²) in [6.45, 7) is 4.37. The van der Waals surface area contributed by atoms with E-state index < -0.39 is 0 Å². The van der Waals surface area contributed by atoms with Crippen LogP contribution < -0.4 is 5.32 Å². The largest absolute Gasteiger partial charge is 0.348 e. The Morgan fingerprint density at radius 1 is 1.12 bits per heavy atom. The first kappa shape index (κ1) is 15.8. The third-order valence-corrected chi connectivity index (χ3v) is 4.90. The number of benzene rings is 2. The van der Waals surface area contributed by atoms with E-state index in [9.17, 15) is 4.39 Å². The summed E-state index contributed by atoms with van der Waals surface area (Å²) in [7, 11) is 0. The number of anilines is 1. The maximum Gasteiger partial charge on any atom is 0.222 e. The van der Waals surface area contributed by atoms with E-state index in [1.54, 1.807) is 10.7 Å². The molecule has 128 valence electrons. The Labute approximate surface area is 146 Å². The van der Waals surface area contributed by atoms with Crippen molar-refractivity contribution in [1.29, 1.82) is 0 Å². The van der Waals surface area contributed by atoms with Crippen LogP contribution in [0.5, 0.6) is 0 Å². The number of halogens is 1. The molecule has 3 aromatic rings. The average molecular weight is 336 g/mol.